The third-order valence-electron chi connectivity index (χ3n) is 0.827. The van der Waals surface area contributed by atoms with Gasteiger partial charge < -0.3 is 10.2 Å². The molecule has 0 saturated carbocycles. The zero-order chi connectivity index (χ0) is 3.54. The van der Waals surface area contributed by atoms with Crippen LogP contribution in [0.5, 0.6) is 0 Å². The van der Waals surface area contributed by atoms with Gasteiger partial charge in [0, 0.05) is 13.2 Å². The Hall–Kier alpha value is -0.0800. The SMILES string of the molecule is C1CCOC1.[OH-]. The molecule has 0 aromatic rings. The first kappa shape index (κ1) is 5.92. The van der Waals surface area contributed by atoms with E-state index in [2.05, 4.69) is 0 Å². The summed E-state index contributed by atoms with van der Waals surface area (Å²) in [6.07, 6.45) is 2.56. The van der Waals surface area contributed by atoms with Crippen molar-refractivity contribution in [2.45, 2.75) is 12.8 Å². The maximum atomic E-state index is 4.94. The zero-order valence-electron chi connectivity index (χ0n) is 3.68. The highest BCUT2D eigenvalue weighted by atomic mass is 16.5. The lowest BCUT2D eigenvalue weighted by Gasteiger charge is -1.76. The number of ether oxygens (including phenoxy) is 1. The lowest BCUT2D eigenvalue weighted by Crippen LogP contribution is -1.74. The summed E-state index contributed by atoms with van der Waals surface area (Å²) in [5, 5.41) is 0. The lowest BCUT2D eigenvalue weighted by atomic mass is 10.4. The van der Waals surface area contributed by atoms with Crippen molar-refractivity contribution in [1.29, 1.82) is 0 Å². The normalized spacial score (nSPS) is 20.0. The van der Waals surface area contributed by atoms with E-state index in [1.165, 1.54) is 12.8 Å². The van der Waals surface area contributed by atoms with Crippen LogP contribution in [0.3, 0.4) is 0 Å². The second kappa shape index (κ2) is 3.12. The van der Waals surface area contributed by atoms with Gasteiger partial charge in [0.05, 0.1) is 0 Å². The molecule has 0 aromatic carbocycles. The van der Waals surface area contributed by atoms with Crippen molar-refractivity contribution in [3.05, 3.63) is 0 Å². The highest BCUT2D eigenvalue weighted by Crippen LogP contribution is 1.98. The summed E-state index contributed by atoms with van der Waals surface area (Å²) >= 11 is 0. The van der Waals surface area contributed by atoms with Gasteiger partial charge in [-0.05, 0) is 12.8 Å². The van der Waals surface area contributed by atoms with Gasteiger partial charge in [0.1, 0.15) is 0 Å². The number of rotatable bonds is 0. The smallest absolute Gasteiger partial charge is 0.0466 e. The van der Waals surface area contributed by atoms with Crippen LogP contribution in [0.2, 0.25) is 0 Å². The Morgan fingerprint density at radius 1 is 1.00 bits per heavy atom. The Labute approximate surface area is 37.4 Å². The fraction of sp³-hybridized carbons (Fsp3) is 1.00. The van der Waals surface area contributed by atoms with Gasteiger partial charge in [-0.25, -0.2) is 0 Å². The molecule has 0 amide bonds. The zero-order valence-corrected chi connectivity index (χ0v) is 3.68. The van der Waals surface area contributed by atoms with Crippen LogP contribution >= 0.6 is 0 Å². The van der Waals surface area contributed by atoms with E-state index < -0.39 is 0 Å². The van der Waals surface area contributed by atoms with Gasteiger partial charge in [-0.15, -0.1) is 0 Å². The first-order valence-corrected chi connectivity index (χ1v) is 2.08. The minimum atomic E-state index is 0. The van der Waals surface area contributed by atoms with E-state index in [1.807, 2.05) is 0 Å². The predicted octanol–water partition coefficient (Wildman–Crippen LogP) is 0.620. The highest BCUT2D eigenvalue weighted by molar-refractivity contribution is 4.43. The minimum absolute atomic E-state index is 0. The van der Waals surface area contributed by atoms with Gasteiger partial charge in [0.15, 0.2) is 0 Å². The predicted molar refractivity (Wildman–Crippen MR) is 22.0 cm³/mol. The monoisotopic (exact) mass is 89.1 g/mol. The molecule has 6 heavy (non-hydrogen) atoms. The molecule has 0 bridgehead atoms. The minimum Gasteiger partial charge on any atom is -0.870 e. The topological polar surface area (TPSA) is 39.2 Å². The van der Waals surface area contributed by atoms with Crippen LogP contribution < -0.4 is 0 Å². The van der Waals surface area contributed by atoms with Crippen LogP contribution in [0.1, 0.15) is 12.8 Å². The van der Waals surface area contributed by atoms with E-state index in [1.54, 1.807) is 0 Å². The molecule has 2 heteroatoms. The Morgan fingerprint density at radius 2 is 1.50 bits per heavy atom. The summed E-state index contributed by atoms with van der Waals surface area (Å²) in [4.78, 5) is 0. The second-order valence-electron chi connectivity index (χ2n) is 1.32. The van der Waals surface area contributed by atoms with E-state index in [9.17, 15) is 0 Å². The summed E-state index contributed by atoms with van der Waals surface area (Å²) in [5.74, 6) is 0. The maximum absolute atomic E-state index is 4.94. The Morgan fingerprint density at radius 3 is 1.67 bits per heavy atom. The molecule has 1 heterocycles. The van der Waals surface area contributed by atoms with E-state index in [0.29, 0.717) is 0 Å². The largest absolute Gasteiger partial charge is 0.870 e. The third kappa shape index (κ3) is 1.38. The van der Waals surface area contributed by atoms with Crippen LogP contribution in [-0.2, 0) is 4.74 Å². The second-order valence-corrected chi connectivity index (χ2v) is 1.32. The Kier molecular flexibility index (Phi) is 3.08. The van der Waals surface area contributed by atoms with Gasteiger partial charge >= 0.3 is 0 Å². The van der Waals surface area contributed by atoms with Gasteiger partial charge in [0.2, 0.25) is 0 Å². The van der Waals surface area contributed by atoms with E-state index in [4.69, 9.17) is 4.74 Å². The van der Waals surface area contributed by atoms with Crippen molar-refractivity contribution in [2.75, 3.05) is 13.2 Å². The van der Waals surface area contributed by atoms with Gasteiger partial charge in [-0.1, -0.05) is 0 Å². The number of hydrogen-bond donors (Lipinski definition) is 0. The molecule has 1 aliphatic rings. The van der Waals surface area contributed by atoms with E-state index in [0.717, 1.165) is 13.2 Å². The van der Waals surface area contributed by atoms with E-state index in [-0.39, 0.29) is 5.48 Å². The standard InChI is InChI=1S/C4H8O.H2O/c1-2-4-5-3-1;/h1-4H2;1H2/p-1. The fourth-order valence-electron chi connectivity index (χ4n) is 0.510. The molecular formula is C4H9O2-. The van der Waals surface area contributed by atoms with Crippen LogP contribution in [-0.4, -0.2) is 18.7 Å². The molecule has 1 rings (SSSR count). The van der Waals surface area contributed by atoms with Crippen LogP contribution in [0.15, 0.2) is 0 Å². The molecule has 0 aromatic heterocycles. The first-order valence-electron chi connectivity index (χ1n) is 2.08. The van der Waals surface area contributed by atoms with Gasteiger partial charge in [-0.3, -0.25) is 0 Å². The number of hydrogen-bond acceptors (Lipinski definition) is 2. The molecule has 1 N–H and O–H groups in total. The molecule has 0 aliphatic carbocycles. The van der Waals surface area contributed by atoms with Crippen molar-refractivity contribution in [1.82, 2.24) is 0 Å². The van der Waals surface area contributed by atoms with Crippen LogP contribution in [0, 0.1) is 0 Å². The van der Waals surface area contributed by atoms with Gasteiger partial charge in [-0.2, -0.15) is 0 Å². The van der Waals surface area contributed by atoms with Crippen molar-refractivity contribution in [2.24, 2.45) is 0 Å². The third-order valence-corrected chi connectivity index (χ3v) is 0.827. The summed E-state index contributed by atoms with van der Waals surface area (Å²) in [7, 11) is 0. The van der Waals surface area contributed by atoms with Crippen molar-refractivity contribution >= 4 is 0 Å². The van der Waals surface area contributed by atoms with Crippen LogP contribution in [0.4, 0.5) is 0 Å². The summed E-state index contributed by atoms with van der Waals surface area (Å²) in [5.41, 5.74) is 0. The molecule has 1 fully saturated rings. The molecule has 38 valence electrons. The van der Waals surface area contributed by atoms with Crippen LogP contribution in [0.25, 0.3) is 0 Å². The maximum Gasteiger partial charge on any atom is 0.0466 e. The molecule has 0 radical (unpaired) electrons. The average molecular weight is 89.1 g/mol. The van der Waals surface area contributed by atoms with Crippen molar-refractivity contribution < 1.29 is 10.2 Å². The summed E-state index contributed by atoms with van der Waals surface area (Å²) in [6.45, 7) is 2.00. The van der Waals surface area contributed by atoms with Crippen molar-refractivity contribution in [3.63, 3.8) is 0 Å². The molecule has 1 aliphatic heterocycles. The van der Waals surface area contributed by atoms with E-state index >= 15 is 0 Å². The molecular weight excluding hydrogens is 80.0 g/mol. The first-order chi connectivity index (χ1) is 2.50. The van der Waals surface area contributed by atoms with Crippen molar-refractivity contribution in [3.8, 4) is 0 Å². The summed E-state index contributed by atoms with van der Waals surface area (Å²) in [6, 6.07) is 0. The van der Waals surface area contributed by atoms with Gasteiger partial charge in [0.25, 0.3) is 0 Å². The average Bonchev–Trinajstić information content (AvgIpc) is 1.76. The highest BCUT2D eigenvalue weighted by Gasteiger charge is 1.94. The lowest BCUT2D eigenvalue weighted by molar-refractivity contribution is 0.198. The Bertz CT molecular complexity index is 17.1. The molecule has 0 spiro atoms. The Balaban J connectivity index is 0.000000250. The quantitative estimate of drug-likeness (QED) is 0.436. The summed E-state index contributed by atoms with van der Waals surface area (Å²) < 4.78 is 4.94. The molecule has 1 saturated heterocycles. The molecule has 2 nitrogen and oxygen atoms in total. The fourth-order valence-corrected chi connectivity index (χ4v) is 0.510. The molecule has 0 atom stereocenters. The molecule has 0 unspecified atom stereocenters.